The maximum atomic E-state index is 6.52. The lowest BCUT2D eigenvalue weighted by molar-refractivity contribution is 0.624. The summed E-state index contributed by atoms with van der Waals surface area (Å²) in [5.74, 6) is 0.690. The molecule has 0 bridgehead atoms. The topological polar surface area (TPSA) is 61.7 Å². The first-order chi connectivity index (χ1) is 25.8. The maximum Gasteiger partial charge on any atom is 0.230 e. The van der Waals surface area contributed by atoms with Crippen molar-refractivity contribution in [2.75, 3.05) is 0 Å². The van der Waals surface area contributed by atoms with Gasteiger partial charge in [-0.25, -0.2) is 14.6 Å². The molecule has 0 saturated heterocycles. The minimum Gasteiger partial charge on any atom is -0.434 e. The number of para-hydroxylation sites is 1. The average Bonchev–Trinajstić information content (AvgIpc) is 3.94. The molecule has 0 aliphatic carbocycles. The van der Waals surface area contributed by atoms with Crippen molar-refractivity contribution in [2.24, 2.45) is 0 Å². The molecule has 0 spiro atoms. The number of fused-ring (bicyclic) bond motifs is 4. The van der Waals surface area contributed by atoms with Crippen LogP contribution < -0.4 is 20.7 Å². The summed E-state index contributed by atoms with van der Waals surface area (Å²) in [4.78, 5) is 9.67. The normalized spacial score (nSPS) is 11.8. The number of hydrogen-bond acceptors (Lipinski definition) is 4. The Morgan fingerprint density at radius 1 is 0.519 bits per heavy atom. The van der Waals surface area contributed by atoms with Crippen molar-refractivity contribution in [3.63, 3.8) is 0 Å². The summed E-state index contributed by atoms with van der Waals surface area (Å²) < 4.78 is 10.4. The molecule has 0 saturated carbocycles. The predicted molar refractivity (Wildman–Crippen MR) is 212 cm³/mol. The van der Waals surface area contributed by atoms with Crippen LogP contribution in [0.15, 0.2) is 193 Å². The molecule has 0 unspecified atom stereocenters. The van der Waals surface area contributed by atoms with E-state index in [0.717, 1.165) is 38.6 Å². The molecule has 10 rings (SSSR count). The molecule has 6 aromatic carbocycles. The van der Waals surface area contributed by atoms with Gasteiger partial charge >= 0.3 is 0 Å². The van der Waals surface area contributed by atoms with E-state index in [9.17, 15) is 0 Å². The van der Waals surface area contributed by atoms with E-state index in [0.29, 0.717) is 17.1 Å². The first kappa shape index (κ1) is 30.0. The Kier molecular flexibility index (Phi) is 7.04. The van der Waals surface area contributed by atoms with Crippen molar-refractivity contribution in [2.45, 2.75) is 0 Å². The fraction of sp³-hybridized carbons (Fsp3) is 0. The van der Waals surface area contributed by atoms with Crippen molar-refractivity contribution in [3.8, 4) is 22.6 Å². The molecule has 0 aliphatic heterocycles. The summed E-state index contributed by atoms with van der Waals surface area (Å²) in [5.41, 5.74) is 6.40. The van der Waals surface area contributed by atoms with Crippen molar-refractivity contribution in [3.05, 3.63) is 189 Å². The Morgan fingerprint density at radius 3 is 1.81 bits per heavy atom. The molecule has 4 heterocycles. The predicted octanol–water partition coefficient (Wildman–Crippen LogP) is 7.55. The highest BCUT2D eigenvalue weighted by molar-refractivity contribution is 7.19. The number of rotatable bonds is 7. The fourth-order valence-electron chi connectivity index (χ4n) is 7.75. The van der Waals surface area contributed by atoms with Gasteiger partial charge in [0.25, 0.3) is 0 Å². The van der Waals surface area contributed by atoms with E-state index in [1.165, 1.54) is 20.7 Å². The second-order valence-corrected chi connectivity index (χ2v) is 16.8. The molecule has 0 amide bonds. The van der Waals surface area contributed by atoms with Crippen LogP contribution in [0.4, 0.5) is 0 Å². The average molecular weight is 686 g/mol. The number of furan rings is 1. The monoisotopic (exact) mass is 685 g/mol. The van der Waals surface area contributed by atoms with Crippen LogP contribution in [-0.4, -0.2) is 32.4 Å². The van der Waals surface area contributed by atoms with Gasteiger partial charge in [0.2, 0.25) is 5.71 Å². The Hall–Kier alpha value is -6.83. The molecule has 4 aromatic heterocycles. The second kappa shape index (κ2) is 12.2. The largest absolute Gasteiger partial charge is 0.434 e. The van der Waals surface area contributed by atoms with Gasteiger partial charge in [-0.15, -0.1) is 0 Å². The lowest BCUT2D eigenvalue weighted by atomic mass is 10.1. The van der Waals surface area contributed by atoms with E-state index in [4.69, 9.17) is 14.4 Å². The number of hydrogen-bond donors (Lipinski definition) is 0. The highest BCUT2D eigenvalue weighted by atomic mass is 28.3. The highest BCUT2D eigenvalue weighted by Gasteiger charge is 2.28. The number of aromatic nitrogens is 5. The number of benzene rings is 6. The summed E-state index contributed by atoms with van der Waals surface area (Å²) in [7, 11) is -2.66. The quantitative estimate of drug-likeness (QED) is 0.128. The molecule has 0 radical (unpaired) electrons. The summed E-state index contributed by atoms with van der Waals surface area (Å²) in [5, 5.41) is 11.9. The van der Waals surface area contributed by atoms with E-state index in [2.05, 4.69) is 139 Å². The van der Waals surface area contributed by atoms with E-state index in [-0.39, 0.29) is 0 Å². The molecule has 52 heavy (non-hydrogen) atoms. The maximum absolute atomic E-state index is 6.52. The zero-order chi connectivity index (χ0) is 34.5. The minimum atomic E-state index is -2.66. The standard InChI is InChI=1S/C45H31N5OSi/c1-5-15-34(16-6-1)50-45-40(30-48-50)39-26-27-46-44(43(39)51-45)49-31-47-41-29-33(24-25-42(41)49)32-14-13-23-38(28-32)52(35-17-7-2-8-18-35,36-19-9-3-10-20-36)37-21-11-4-12-22-37/h1-31H/q-1. The number of imidazole rings is 1. The van der Waals surface area contributed by atoms with E-state index in [1.807, 2.05) is 64.4 Å². The summed E-state index contributed by atoms with van der Waals surface area (Å²) in [6, 6.07) is 60.7. The summed E-state index contributed by atoms with van der Waals surface area (Å²) in [6.45, 7) is 0. The van der Waals surface area contributed by atoms with Crippen molar-refractivity contribution < 1.29 is 4.42 Å². The zero-order valence-corrected chi connectivity index (χ0v) is 29.0. The van der Waals surface area contributed by atoms with Crippen LogP contribution in [0.5, 0.6) is 0 Å². The molecule has 0 N–H and O–H groups in total. The van der Waals surface area contributed by atoms with Gasteiger partial charge in [0.05, 0.1) is 28.3 Å². The molecule has 247 valence electrons. The SMILES string of the molecule is c1ccc(-n2ncc3c4ccnc(-n5cnc6cc(-c7cccc([Si-](c8ccccc8)(c8ccccc8)c8ccccc8)c7)ccc65)c4oc32)cc1. The van der Waals surface area contributed by atoms with Crippen LogP contribution in [0, 0.1) is 0 Å². The third kappa shape index (κ3) is 4.67. The molecular formula is C45H31N5OSi-. The third-order valence-electron chi connectivity index (χ3n) is 10.1. The van der Waals surface area contributed by atoms with Gasteiger partial charge in [-0.3, -0.25) is 4.57 Å². The van der Waals surface area contributed by atoms with Crippen LogP contribution in [-0.2, 0) is 0 Å². The minimum absolute atomic E-state index is 0.683. The third-order valence-corrected chi connectivity index (χ3v) is 14.9. The highest BCUT2D eigenvalue weighted by Crippen LogP contribution is 2.34. The zero-order valence-electron chi connectivity index (χ0n) is 28.0. The molecule has 6 nitrogen and oxygen atoms in total. The van der Waals surface area contributed by atoms with Crippen LogP contribution in [0.2, 0.25) is 0 Å². The number of pyridine rings is 1. The van der Waals surface area contributed by atoms with Crippen molar-refractivity contribution in [1.82, 2.24) is 24.3 Å². The Morgan fingerprint density at radius 2 is 1.13 bits per heavy atom. The summed E-state index contributed by atoms with van der Waals surface area (Å²) in [6.07, 6.45) is 5.51. The Bertz CT molecular complexity index is 2750. The van der Waals surface area contributed by atoms with Gasteiger partial charge in [0.15, 0.2) is 11.4 Å². The van der Waals surface area contributed by atoms with Crippen LogP contribution in [0.3, 0.4) is 0 Å². The van der Waals surface area contributed by atoms with Gasteiger partial charge in [-0.2, -0.15) is 25.8 Å². The molecule has 0 aliphatic rings. The van der Waals surface area contributed by atoms with E-state index >= 15 is 0 Å². The number of nitrogens with zero attached hydrogens (tertiary/aromatic N) is 5. The molecular weight excluding hydrogens is 655 g/mol. The summed E-state index contributed by atoms with van der Waals surface area (Å²) >= 11 is 0. The molecule has 10 aromatic rings. The Balaban J connectivity index is 1.10. The van der Waals surface area contributed by atoms with Crippen molar-refractivity contribution in [1.29, 1.82) is 0 Å². The van der Waals surface area contributed by atoms with E-state index in [1.54, 1.807) is 0 Å². The van der Waals surface area contributed by atoms with E-state index < -0.39 is 8.07 Å². The first-order valence-corrected chi connectivity index (χ1v) is 19.3. The van der Waals surface area contributed by atoms with Gasteiger partial charge in [0.1, 0.15) is 6.33 Å². The second-order valence-electron chi connectivity index (χ2n) is 13.0. The van der Waals surface area contributed by atoms with Gasteiger partial charge in [-0.05, 0) is 49.5 Å². The van der Waals surface area contributed by atoms with Crippen LogP contribution in [0.1, 0.15) is 0 Å². The molecule has 0 atom stereocenters. The van der Waals surface area contributed by atoms with Gasteiger partial charge in [-0.1, -0.05) is 140 Å². The smallest absolute Gasteiger partial charge is 0.230 e. The van der Waals surface area contributed by atoms with Crippen LogP contribution >= 0.6 is 0 Å². The van der Waals surface area contributed by atoms with Gasteiger partial charge in [0, 0.05) is 11.6 Å². The van der Waals surface area contributed by atoms with Crippen molar-refractivity contribution >= 4 is 61.9 Å². The van der Waals surface area contributed by atoms with Gasteiger partial charge < -0.3 is 4.42 Å². The fourth-order valence-corrected chi connectivity index (χ4v) is 12.5. The lowest BCUT2D eigenvalue weighted by Crippen LogP contribution is -2.74. The molecule has 0 fully saturated rings. The lowest BCUT2D eigenvalue weighted by Gasteiger charge is -2.47. The van der Waals surface area contributed by atoms with Crippen LogP contribution in [0.25, 0.3) is 55.7 Å². The molecule has 7 heteroatoms. The Labute approximate surface area is 300 Å². The first-order valence-electron chi connectivity index (χ1n) is 17.3.